The number of aromatic nitrogens is 2. The normalized spacial score (nSPS) is 20.6. The van der Waals surface area contributed by atoms with Gasteiger partial charge in [0.05, 0.1) is 12.6 Å². The average Bonchev–Trinajstić information content (AvgIpc) is 2.78. The highest BCUT2D eigenvalue weighted by molar-refractivity contribution is 5.78. The Kier molecular flexibility index (Phi) is 6.12. The molecule has 0 saturated carbocycles. The van der Waals surface area contributed by atoms with E-state index in [0.717, 1.165) is 13.1 Å². The molecule has 2 rings (SSSR count). The van der Waals surface area contributed by atoms with Gasteiger partial charge in [-0.1, -0.05) is 19.0 Å². The van der Waals surface area contributed by atoms with Crippen molar-refractivity contribution >= 4 is 5.91 Å². The van der Waals surface area contributed by atoms with E-state index in [2.05, 4.69) is 28.9 Å². The van der Waals surface area contributed by atoms with Gasteiger partial charge in [-0.15, -0.1) is 0 Å². The van der Waals surface area contributed by atoms with E-state index in [4.69, 9.17) is 9.26 Å². The monoisotopic (exact) mass is 324 g/mol. The Morgan fingerprint density at radius 3 is 2.61 bits per heavy atom. The van der Waals surface area contributed by atoms with Crippen molar-refractivity contribution in [3.8, 4) is 0 Å². The molecule has 7 nitrogen and oxygen atoms in total. The lowest BCUT2D eigenvalue weighted by Gasteiger charge is -2.27. The Hall–Kier alpha value is -1.47. The molecule has 1 unspecified atom stereocenters. The Bertz CT molecular complexity index is 515. The number of amides is 1. The predicted octanol–water partition coefficient (Wildman–Crippen LogP) is 1.47. The molecule has 0 N–H and O–H groups in total. The van der Waals surface area contributed by atoms with Crippen LogP contribution in [0.1, 0.15) is 39.4 Å². The standard InChI is InChI=1S/C16H28N4O3/c1-11(2)6-19-7-14(8-20(12(3)4)16(21)9-19)22-10-15-17-13(5)23-18-15/h11-12,14H,6-10H2,1-5H3. The van der Waals surface area contributed by atoms with Crippen molar-refractivity contribution in [3.63, 3.8) is 0 Å². The van der Waals surface area contributed by atoms with Gasteiger partial charge in [0.15, 0.2) is 5.82 Å². The molecule has 1 aromatic rings. The first-order chi connectivity index (χ1) is 10.8. The first-order valence-corrected chi connectivity index (χ1v) is 8.27. The van der Waals surface area contributed by atoms with Gasteiger partial charge >= 0.3 is 0 Å². The molecule has 1 aromatic heterocycles. The van der Waals surface area contributed by atoms with Crippen LogP contribution in [-0.2, 0) is 16.1 Å². The Morgan fingerprint density at radius 1 is 1.30 bits per heavy atom. The molecule has 1 saturated heterocycles. The van der Waals surface area contributed by atoms with Gasteiger partial charge in [0.1, 0.15) is 6.61 Å². The van der Waals surface area contributed by atoms with Gasteiger partial charge in [0.25, 0.3) is 0 Å². The minimum absolute atomic E-state index is 0.0543. The minimum Gasteiger partial charge on any atom is -0.367 e. The molecule has 23 heavy (non-hydrogen) atoms. The summed E-state index contributed by atoms with van der Waals surface area (Å²) in [5.74, 6) is 1.76. The predicted molar refractivity (Wildman–Crippen MR) is 85.7 cm³/mol. The van der Waals surface area contributed by atoms with E-state index in [-0.39, 0.29) is 18.1 Å². The molecule has 0 radical (unpaired) electrons. The molecule has 0 spiro atoms. The van der Waals surface area contributed by atoms with Crippen molar-refractivity contribution in [1.82, 2.24) is 19.9 Å². The number of hydrogen-bond donors (Lipinski definition) is 0. The van der Waals surface area contributed by atoms with Crippen molar-refractivity contribution in [1.29, 1.82) is 0 Å². The van der Waals surface area contributed by atoms with E-state index in [0.29, 0.717) is 37.3 Å². The van der Waals surface area contributed by atoms with Crippen LogP contribution in [0.3, 0.4) is 0 Å². The molecule has 0 aliphatic carbocycles. The van der Waals surface area contributed by atoms with Gasteiger partial charge in [-0.3, -0.25) is 9.69 Å². The summed E-state index contributed by atoms with van der Waals surface area (Å²) in [6.45, 7) is 13.1. The fourth-order valence-electron chi connectivity index (χ4n) is 2.87. The zero-order chi connectivity index (χ0) is 17.0. The fourth-order valence-corrected chi connectivity index (χ4v) is 2.87. The molecule has 0 aromatic carbocycles. The van der Waals surface area contributed by atoms with Crippen molar-refractivity contribution in [2.75, 3.05) is 26.2 Å². The molecular formula is C16H28N4O3. The molecule has 1 aliphatic rings. The lowest BCUT2D eigenvalue weighted by molar-refractivity contribution is -0.133. The highest BCUT2D eigenvalue weighted by atomic mass is 16.5. The molecule has 1 fully saturated rings. The summed E-state index contributed by atoms with van der Waals surface area (Å²) in [6, 6.07) is 0.167. The lowest BCUT2D eigenvalue weighted by atomic mass is 10.2. The number of carbonyl (C=O) groups is 1. The number of ether oxygens (including phenoxy) is 1. The van der Waals surface area contributed by atoms with Crippen molar-refractivity contribution < 1.29 is 14.1 Å². The van der Waals surface area contributed by atoms with E-state index in [1.165, 1.54) is 0 Å². The first-order valence-electron chi connectivity index (χ1n) is 8.27. The van der Waals surface area contributed by atoms with Crippen LogP contribution in [0, 0.1) is 12.8 Å². The largest absolute Gasteiger partial charge is 0.367 e. The van der Waals surface area contributed by atoms with Crippen molar-refractivity contribution in [2.24, 2.45) is 5.92 Å². The molecule has 1 aliphatic heterocycles. The molecule has 130 valence electrons. The second-order valence-electron chi connectivity index (χ2n) is 6.89. The van der Waals surface area contributed by atoms with Gasteiger partial charge in [-0.05, 0) is 19.8 Å². The molecule has 7 heteroatoms. The van der Waals surface area contributed by atoms with E-state index in [1.807, 2.05) is 18.7 Å². The highest BCUT2D eigenvalue weighted by Crippen LogP contribution is 2.14. The molecule has 1 amide bonds. The zero-order valence-corrected chi connectivity index (χ0v) is 14.8. The van der Waals surface area contributed by atoms with E-state index >= 15 is 0 Å². The van der Waals surface area contributed by atoms with E-state index in [1.54, 1.807) is 6.92 Å². The zero-order valence-electron chi connectivity index (χ0n) is 14.8. The van der Waals surface area contributed by atoms with Crippen molar-refractivity contribution in [3.05, 3.63) is 11.7 Å². The van der Waals surface area contributed by atoms with Gasteiger partial charge in [0, 0.05) is 32.6 Å². The van der Waals surface area contributed by atoms with Crippen molar-refractivity contribution in [2.45, 2.75) is 53.4 Å². The van der Waals surface area contributed by atoms with Crippen LogP contribution in [0.4, 0.5) is 0 Å². The molecular weight excluding hydrogens is 296 g/mol. The van der Waals surface area contributed by atoms with Crippen LogP contribution in [0.25, 0.3) is 0 Å². The van der Waals surface area contributed by atoms with Gasteiger partial charge in [-0.25, -0.2) is 0 Å². The van der Waals surface area contributed by atoms with Gasteiger partial charge in [0.2, 0.25) is 11.8 Å². The summed E-state index contributed by atoms with van der Waals surface area (Å²) in [5.41, 5.74) is 0. The number of rotatable bonds is 6. The Morgan fingerprint density at radius 2 is 2.04 bits per heavy atom. The second kappa shape index (κ2) is 7.88. The number of nitrogens with zero attached hydrogens (tertiary/aromatic N) is 4. The van der Waals surface area contributed by atoms with Crippen LogP contribution in [0.15, 0.2) is 4.52 Å². The fraction of sp³-hybridized carbons (Fsp3) is 0.812. The smallest absolute Gasteiger partial charge is 0.237 e. The summed E-state index contributed by atoms with van der Waals surface area (Å²) in [5, 5.41) is 3.85. The summed E-state index contributed by atoms with van der Waals surface area (Å²) in [6.07, 6.45) is -0.0543. The lowest BCUT2D eigenvalue weighted by Crippen LogP contribution is -2.42. The maximum Gasteiger partial charge on any atom is 0.237 e. The number of hydrogen-bond acceptors (Lipinski definition) is 6. The summed E-state index contributed by atoms with van der Waals surface area (Å²) < 4.78 is 10.9. The Labute approximate surface area is 138 Å². The minimum atomic E-state index is -0.0543. The van der Waals surface area contributed by atoms with Gasteiger partial charge < -0.3 is 14.2 Å². The van der Waals surface area contributed by atoms with Crippen LogP contribution < -0.4 is 0 Å². The molecule has 2 heterocycles. The van der Waals surface area contributed by atoms with E-state index < -0.39 is 0 Å². The van der Waals surface area contributed by atoms with Crippen LogP contribution in [0.2, 0.25) is 0 Å². The summed E-state index contributed by atoms with van der Waals surface area (Å²) in [7, 11) is 0. The van der Waals surface area contributed by atoms with Crippen LogP contribution >= 0.6 is 0 Å². The SMILES string of the molecule is Cc1nc(COC2CN(CC(C)C)CC(=O)N(C(C)C)C2)no1. The van der Waals surface area contributed by atoms with Crippen LogP contribution in [-0.4, -0.2) is 64.2 Å². The molecule has 1 atom stereocenters. The Balaban J connectivity index is 2.03. The van der Waals surface area contributed by atoms with E-state index in [9.17, 15) is 4.79 Å². The maximum atomic E-state index is 12.5. The average molecular weight is 324 g/mol. The summed E-state index contributed by atoms with van der Waals surface area (Å²) in [4.78, 5) is 20.7. The molecule has 0 bridgehead atoms. The third-order valence-corrected chi connectivity index (χ3v) is 3.81. The number of carbonyl (C=O) groups excluding carboxylic acids is 1. The topological polar surface area (TPSA) is 71.7 Å². The highest BCUT2D eigenvalue weighted by Gasteiger charge is 2.30. The number of aryl methyl sites for hydroxylation is 1. The second-order valence-corrected chi connectivity index (χ2v) is 6.89. The van der Waals surface area contributed by atoms with Gasteiger partial charge in [-0.2, -0.15) is 4.98 Å². The third kappa shape index (κ3) is 5.28. The van der Waals surface area contributed by atoms with Crippen LogP contribution in [0.5, 0.6) is 0 Å². The quantitative estimate of drug-likeness (QED) is 0.789. The third-order valence-electron chi connectivity index (χ3n) is 3.81. The summed E-state index contributed by atoms with van der Waals surface area (Å²) >= 11 is 0. The maximum absolute atomic E-state index is 12.5. The first kappa shape index (κ1) is 17.9.